The SMILES string of the molecule is Cc1cccc(/C=C/c2ccc(C)c(N)c2)c1. The molecule has 17 heavy (non-hydrogen) atoms. The van der Waals surface area contributed by atoms with Crippen LogP contribution in [0.5, 0.6) is 0 Å². The van der Waals surface area contributed by atoms with Crippen LogP contribution in [-0.2, 0) is 0 Å². The first-order chi connectivity index (χ1) is 8.15. The van der Waals surface area contributed by atoms with E-state index in [2.05, 4.69) is 49.4 Å². The predicted octanol–water partition coefficient (Wildman–Crippen LogP) is 4.06. The summed E-state index contributed by atoms with van der Waals surface area (Å²) in [5.41, 5.74) is 11.5. The second kappa shape index (κ2) is 4.88. The number of hydrogen-bond acceptors (Lipinski definition) is 1. The second-order valence-corrected chi connectivity index (χ2v) is 4.36. The molecular formula is C16H17N. The second-order valence-electron chi connectivity index (χ2n) is 4.36. The summed E-state index contributed by atoms with van der Waals surface area (Å²) in [4.78, 5) is 0. The van der Waals surface area contributed by atoms with Crippen LogP contribution in [0.1, 0.15) is 22.3 Å². The Morgan fingerprint density at radius 2 is 1.59 bits per heavy atom. The van der Waals surface area contributed by atoms with Crippen LogP contribution in [0.15, 0.2) is 42.5 Å². The Morgan fingerprint density at radius 3 is 2.24 bits per heavy atom. The highest BCUT2D eigenvalue weighted by molar-refractivity contribution is 5.71. The maximum Gasteiger partial charge on any atom is 0.0349 e. The average molecular weight is 223 g/mol. The Kier molecular flexibility index (Phi) is 3.29. The molecule has 2 N–H and O–H groups in total. The van der Waals surface area contributed by atoms with Gasteiger partial charge in [0.2, 0.25) is 0 Å². The van der Waals surface area contributed by atoms with Gasteiger partial charge in [-0.2, -0.15) is 0 Å². The van der Waals surface area contributed by atoms with Crippen molar-refractivity contribution in [2.45, 2.75) is 13.8 Å². The highest BCUT2D eigenvalue weighted by atomic mass is 14.5. The number of nitrogens with two attached hydrogens (primary N) is 1. The zero-order chi connectivity index (χ0) is 12.3. The van der Waals surface area contributed by atoms with Gasteiger partial charge in [-0.25, -0.2) is 0 Å². The molecule has 0 saturated heterocycles. The molecule has 0 radical (unpaired) electrons. The lowest BCUT2D eigenvalue weighted by atomic mass is 10.1. The van der Waals surface area contributed by atoms with Gasteiger partial charge < -0.3 is 5.73 Å². The Hall–Kier alpha value is -2.02. The predicted molar refractivity (Wildman–Crippen MR) is 75.7 cm³/mol. The van der Waals surface area contributed by atoms with Gasteiger partial charge in [0.25, 0.3) is 0 Å². The molecule has 0 aliphatic rings. The van der Waals surface area contributed by atoms with Crippen molar-refractivity contribution >= 4 is 17.8 Å². The van der Waals surface area contributed by atoms with E-state index in [1.807, 2.05) is 19.1 Å². The minimum atomic E-state index is 0.844. The van der Waals surface area contributed by atoms with E-state index in [1.54, 1.807) is 0 Å². The molecule has 0 unspecified atom stereocenters. The third kappa shape index (κ3) is 2.97. The molecule has 2 aromatic carbocycles. The van der Waals surface area contributed by atoms with Crippen LogP contribution >= 0.6 is 0 Å². The summed E-state index contributed by atoms with van der Waals surface area (Å²) >= 11 is 0. The Bertz CT molecular complexity index is 553. The first-order valence-electron chi connectivity index (χ1n) is 5.76. The van der Waals surface area contributed by atoms with Crippen LogP contribution in [0.2, 0.25) is 0 Å². The van der Waals surface area contributed by atoms with Crippen molar-refractivity contribution < 1.29 is 0 Å². The molecule has 0 aliphatic carbocycles. The molecule has 0 spiro atoms. The molecule has 0 bridgehead atoms. The van der Waals surface area contributed by atoms with E-state index in [4.69, 9.17) is 5.73 Å². The largest absolute Gasteiger partial charge is 0.398 e. The molecule has 0 atom stereocenters. The lowest BCUT2D eigenvalue weighted by Gasteiger charge is -2.01. The minimum absolute atomic E-state index is 0.844. The molecule has 1 heteroatoms. The van der Waals surface area contributed by atoms with Gasteiger partial charge in [-0.3, -0.25) is 0 Å². The van der Waals surface area contributed by atoms with Crippen molar-refractivity contribution in [3.05, 3.63) is 64.7 Å². The summed E-state index contributed by atoms with van der Waals surface area (Å²) in [6.07, 6.45) is 4.20. The van der Waals surface area contributed by atoms with Crippen LogP contribution in [0, 0.1) is 13.8 Å². The first kappa shape index (κ1) is 11.5. The number of hydrogen-bond donors (Lipinski definition) is 1. The van der Waals surface area contributed by atoms with Crippen molar-refractivity contribution in [2.75, 3.05) is 5.73 Å². The maximum absolute atomic E-state index is 5.88. The molecule has 0 aliphatic heterocycles. The molecular weight excluding hydrogens is 206 g/mol. The fourth-order valence-electron chi connectivity index (χ4n) is 1.73. The van der Waals surface area contributed by atoms with E-state index in [1.165, 1.54) is 11.1 Å². The number of rotatable bonds is 2. The quantitative estimate of drug-likeness (QED) is 0.603. The number of nitrogen functional groups attached to an aromatic ring is 1. The summed E-state index contributed by atoms with van der Waals surface area (Å²) in [7, 11) is 0. The van der Waals surface area contributed by atoms with E-state index >= 15 is 0 Å². The summed E-state index contributed by atoms with van der Waals surface area (Å²) in [6, 6.07) is 14.6. The normalized spacial score (nSPS) is 10.9. The highest BCUT2D eigenvalue weighted by Crippen LogP contribution is 2.15. The number of aryl methyl sites for hydroxylation is 2. The first-order valence-corrected chi connectivity index (χ1v) is 5.76. The fourth-order valence-corrected chi connectivity index (χ4v) is 1.73. The van der Waals surface area contributed by atoms with Crippen LogP contribution < -0.4 is 5.73 Å². The summed E-state index contributed by atoms with van der Waals surface area (Å²) < 4.78 is 0. The van der Waals surface area contributed by atoms with Gasteiger partial charge in [-0.05, 0) is 36.6 Å². The molecule has 0 aromatic heterocycles. The zero-order valence-corrected chi connectivity index (χ0v) is 10.3. The molecule has 1 nitrogen and oxygen atoms in total. The lowest BCUT2D eigenvalue weighted by Crippen LogP contribution is -1.89. The lowest BCUT2D eigenvalue weighted by molar-refractivity contribution is 1.45. The standard InChI is InChI=1S/C16H17N/c1-12-4-3-5-14(10-12)8-9-15-7-6-13(2)16(17)11-15/h3-11H,17H2,1-2H3/b9-8+. The topological polar surface area (TPSA) is 26.0 Å². The third-order valence-corrected chi connectivity index (χ3v) is 2.81. The summed E-state index contributed by atoms with van der Waals surface area (Å²) in [5, 5.41) is 0. The van der Waals surface area contributed by atoms with E-state index in [0.29, 0.717) is 0 Å². The average Bonchev–Trinajstić information content (AvgIpc) is 2.31. The van der Waals surface area contributed by atoms with E-state index in [-0.39, 0.29) is 0 Å². The monoisotopic (exact) mass is 223 g/mol. The van der Waals surface area contributed by atoms with Gasteiger partial charge in [-0.1, -0.05) is 54.1 Å². The van der Waals surface area contributed by atoms with Gasteiger partial charge in [0.1, 0.15) is 0 Å². The van der Waals surface area contributed by atoms with Crippen molar-refractivity contribution in [1.29, 1.82) is 0 Å². The van der Waals surface area contributed by atoms with Crippen LogP contribution in [0.4, 0.5) is 5.69 Å². The highest BCUT2D eigenvalue weighted by Gasteiger charge is 1.93. The summed E-state index contributed by atoms with van der Waals surface area (Å²) in [6.45, 7) is 4.12. The molecule has 0 saturated carbocycles. The maximum atomic E-state index is 5.88. The van der Waals surface area contributed by atoms with Gasteiger partial charge in [0.05, 0.1) is 0 Å². The molecule has 2 aromatic rings. The molecule has 0 fully saturated rings. The van der Waals surface area contributed by atoms with Crippen LogP contribution in [0.3, 0.4) is 0 Å². The number of anilines is 1. The van der Waals surface area contributed by atoms with E-state index < -0.39 is 0 Å². The Balaban J connectivity index is 2.23. The zero-order valence-electron chi connectivity index (χ0n) is 10.3. The Morgan fingerprint density at radius 1 is 0.882 bits per heavy atom. The van der Waals surface area contributed by atoms with Crippen molar-refractivity contribution in [3.63, 3.8) is 0 Å². The molecule has 2 rings (SSSR count). The van der Waals surface area contributed by atoms with Gasteiger partial charge in [0.15, 0.2) is 0 Å². The van der Waals surface area contributed by atoms with Gasteiger partial charge in [-0.15, -0.1) is 0 Å². The van der Waals surface area contributed by atoms with Crippen LogP contribution in [-0.4, -0.2) is 0 Å². The van der Waals surface area contributed by atoms with E-state index in [0.717, 1.165) is 16.8 Å². The smallest absolute Gasteiger partial charge is 0.0349 e. The Labute approximate surface area is 103 Å². The fraction of sp³-hybridized carbons (Fsp3) is 0.125. The van der Waals surface area contributed by atoms with E-state index in [9.17, 15) is 0 Å². The number of benzene rings is 2. The third-order valence-electron chi connectivity index (χ3n) is 2.81. The molecule has 0 heterocycles. The van der Waals surface area contributed by atoms with Crippen molar-refractivity contribution in [2.24, 2.45) is 0 Å². The minimum Gasteiger partial charge on any atom is -0.398 e. The van der Waals surface area contributed by atoms with Crippen LogP contribution in [0.25, 0.3) is 12.2 Å². The van der Waals surface area contributed by atoms with Crippen molar-refractivity contribution in [1.82, 2.24) is 0 Å². The van der Waals surface area contributed by atoms with Crippen molar-refractivity contribution in [3.8, 4) is 0 Å². The molecule has 0 amide bonds. The summed E-state index contributed by atoms with van der Waals surface area (Å²) in [5.74, 6) is 0. The molecule has 86 valence electrons. The van der Waals surface area contributed by atoms with Gasteiger partial charge in [0, 0.05) is 5.69 Å². The van der Waals surface area contributed by atoms with Gasteiger partial charge >= 0.3 is 0 Å².